The van der Waals surface area contributed by atoms with Crippen molar-refractivity contribution in [3.8, 4) is 0 Å². The van der Waals surface area contributed by atoms with Gasteiger partial charge in [0.1, 0.15) is 6.04 Å². The van der Waals surface area contributed by atoms with Gasteiger partial charge in [-0.1, -0.05) is 18.7 Å². The number of amides is 1. The Morgan fingerprint density at radius 2 is 2.33 bits per heavy atom. The lowest BCUT2D eigenvalue weighted by Gasteiger charge is -2.10. The van der Waals surface area contributed by atoms with Gasteiger partial charge in [-0.15, -0.1) is 11.3 Å². The molecule has 1 aliphatic rings. The van der Waals surface area contributed by atoms with Crippen LogP contribution < -0.4 is 10.6 Å². The van der Waals surface area contributed by atoms with E-state index in [4.69, 9.17) is 0 Å². The summed E-state index contributed by atoms with van der Waals surface area (Å²) in [7, 11) is 0. The van der Waals surface area contributed by atoms with E-state index in [2.05, 4.69) is 31.5 Å². The zero-order valence-corrected chi connectivity index (χ0v) is 14.8. The fourth-order valence-corrected chi connectivity index (χ4v) is 4.66. The number of anilines is 1. The van der Waals surface area contributed by atoms with Crippen molar-refractivity contribution in [1.29, 1.82) is 0 Å². The molecule has 2 heterocycles. The summed E-state index contributed by atoms with van der Waals surface area (Å²) in [5.41, 5.74) is 2.90. The smallest absolute Gasteiger partial charge is 0.246 e. The van der Waals surface area contributed by atoms with E-state index in [1.54, 1.807) is 23.1 Å². The monoisotopic (exact) mass is 383 g/mol. The molecular formula is C14H14BrN3OS2. The third-order valence-electron chi connectivity index (χ3n) is 3.14. The summed E-state index contributed by atoms with van der Waals surface area (Å²) >= 11 is 6.83. The van der Waals surface area contributed by atoms with Crippen LogP contribution in [0, 0.1) is 6.92 Å². The molecule has 1 atom stereocenters. The molecule has 110 valence electrons. The maximum atomic E-state index is 12.0. The number of thiazole rings is 1. The summed E-state index contributed by atoms with van der Waals surface area (Å²) < 4.78 is 1.99. The van der Waals surface area contributed by atoms with E-state index in [-0.39, 0.29) is 11.9 Å². The van der Waals surface area contributed by atoms with Gasteiger partial charge >= 0.3 is 0 Å². The molecule has 3 rings (SSSR count). The van der Waals surface area contributed by atoms with Crippen molar-refractivity contribution in [3.05, 3.63) is 33.2 Å². The minimum atomic E-state index is -0.262. The summed E-state index contributed by atoms with van der Waals surface area (Å²) in [6.45, 7) is 4.74. The Morgan fingerprint density at radius 1 is 1.52 bits per heavy atom. The van der Waals surface area contributed by atoms with E-state index < -0.39 is 0 Å². The maximum Gasteiger partial charge on any atom is 0.246 e. The molecule has 0 radical (unpaired) electrons. The quantitative estimate of drug-likeness (QED) is 0.838. The third-order valence-corrected chi connectivity index (χ3v) is 6.17. The van der Waals surface area contributed by atoms with E-state index in [1.807, 2.05) is 31.4 Å². The Kier molecular flexibility index (Phi) is 4.35. The predicted octanol–water partition coefficient (Wildman–Crippen LogP) is 3.97. The molecule has 7 heteroatoms. The highest BCUT2D eigenvalue weighted by Crippen LogP contribution is 2.41. The molecule has 0 bridgehead atoms. The Morgan fingerprint density at radius 3 is 3.00 bits per heavy atom. The van der Waals surface area contributed by atoms with Crippen LogP contribution in [0.4, 0.5) is 5.69 Å². The van der Waals surface area contributed by atoms with Crippen molar-refractivity contribution in [3.63, 3.8) is 0 Å². The fourth-order valence-electron chi connectivity index (χ4n) is 2.22. The van der Waals surface area contributed by atoms with Crippen LogP contribution in [-0.4, -0.2) is 17.4 Å². The highest BCUT2D eigenvalue weighted by molar-refractivity contribution is 9.10. The highest BCUT2D eigenvalue weighted by atomic mass is 79.9. The molecule has 1 aliphatic heterocycles. The summed E-state index contributed by atoms with van der Waals surface area (Å²) in [5.74, 6) is 0.00555. The lowest BCUT2D eigenvalue weighted by molar-refractivity contribution is -0.117. The van der Waals surface area contributed by atoms with E-state index in [9.17, 15) is 4.79 Å². The average molecular weight is 384 g/mol. The molecule has 21 heavy (non-hydrogen) atoms. The molecule has 0 saturated carbocycles. The van der Waals surface area contributed by atoms with Gasteiger partial charge in [0.2, 0.25) is 5.91 Å². The number of nitrogens with zero attached hydrogens (tertiary/aromatic N) is 1. The number of hydrogen-bond acceptors (Lipinski definition) is 5. The second kappa shape index (κ2) is 6.08. The van der Waals surface area contributed by atoms with Crippen molar-refractivity contribution in [2.75, 3.05) is 11.9 Å². The molecule has 1 aromatic carbocycles. The lowest BCUT2D eigenvalue weighted by Crippen LogP contribution is -2.27. The number of carbonyl (C=O) groups is 1. The SMILES string of the molecule is CCNC1C(=O)Nc2cc(Sc3nc(C)cs3)c(Br)cc21. The second-order valence-electron chi connectivity index (χ2n) is 4.71. The van der Waals surface area contributed by atoms with Crippen LogP contribution in [0.1, 0.15) is 24.2 Å². The molecule has 4 nitrogen and oxygen atoms in total. The highest BCUT2D eigenvalue weighted by Gasteiger charge is 2.30. The Balaban J connectivity index is 1.92. The van der Waals surface area contributed by atoms with Gasteiger partial charge in [0.05, 0.1) is 0 Å². The van der Waals surface area contributed by atoms with Gasteiger partial charge in [-0.3, -0.25) is 4.79 Å². The molecule has 0 saturated heterocycles. The largest absolute Gasteiger partial charge is 0.324 e. The molecule has 2 N–H and O–H groups in total. The van der Waals surface area contributed by atoms with E-state index in [0.717, 1.165) is 37.2 Å². The van der Waals surface area contributed by atoms with Crippen molar-refractivity contribution in [1.82, 2.24) is 10.3 Å². The van der Waals surface area contributed by atoms with Crippen molar-refractivity contribution in [2.24, 2.45) is 0 Å². The number of benzene rings is 1. The Hall–Kier alpha value is -0.890. The number of aromatic nitrogens is 1. The summed E-state index contributed by atoms with van der Waals surface area (Å²) in [6, 6.07) is 3.77. The number of likely N-dealkylation sites (N-methyl/N-ethyl adjacent to an activating group) is 1. The topological polar surface area (TPSA) is 54.0 Å². The lowest BCUT2D eigenvalue weighted by atomic mass is 10.1. The molecule has 0 spiro atoms. The number of halogens is 1. The number of carbonyl (C=O) groups excluding carboxylic acids is 1. The average Bonchev–Trinajstić information content (AvgIpc) is 2.96. The summed E-state index contributed by atoms with van der Waals surface area (Å²) in [5, 5.41) is 8.17. The first-order valence-electron chi connectivity index (χ1n) is 6.56. The van der Waals surface area contributed by atoms with Crippen LogP contribution in [0.15, 0.2) is 31.2 Å². The molecular weight excluding hydrogens is 370 g/mol. The van der Waals surface area contributed by atoms with Gasteiger partial charge in [-0.2, -0.15) is 0 Å². The van der Waals surface area contributed by atoms with Crippen LogP contribution in [0.3, 0.4) is 0 Å². The van der Waals surface area contributed by atoms with Crippen LogP contribution in [0.25, 0.3) is 0 Å². The minimum Gasteiger partial charge on any atom is -0.324 e. The van der Waals surface area contributed by atoms with Crippen LogP contribution in [0.2, 0.25) is 0 Å². The number of hydrogen-bond donors (Lipinski definition) is 2. The van der Waals surface area contributed by atoms with E-state index in [0.29, 0.717) is 0 Å². The molecule has 2 aromatic rings. The molecule has 0 aliphatic carbocycles. The zero-order valence-electron chi connectivity index (χ0n) is 11.6. The van der Waals surface area contributed by atoms with Crippen molar-refractivity contribution < 1.29 is 4.79 Å². The first kappa shape index (κ1) is 15.0. The van der Waals surface area contributed by atoms with Gasteiger partial charge in [0.15, 0.2) is 4.34 Å². The van der Waals surface area contributed by atoms with Crippen molar-refractivity contribution >= 4 is 50.6 Å². The van der Waals surface area contributed by atoms with Gasteiger partial charge < -0.3 is 10.6 Å². The summed E-state index contributed by atoms with van der Waals surface area (Å²) in [4.78, 5) is 17.5. The Labute approximate surface area is 139 Å². The van der Waals surface area contributed by atoms with Gasteiger partial charge in [0.25, 0.3) is 0 Å². The van der Waals surface area contributed by atoms with Gasteiger partial charge in [-0.25, -0.2) is 4.98 Å². The van der Waals surface area contributed by atoms with Crippen LogP contribution >= 0.6 is 39.0 Å². The number of aryl methyl sites for hydroxylation is 1. The molecule has 1 amide bonds. The molecule has 1 aromatic heterocycles. The van der Waals surface area contributed by atoms with Crippen LogP contribution in [0.5, 0.6) is 0 Å². The Bertz CT molecular complexity index is 702. The standard InChI is InChI=1S/C14H14BrN3OS2/c1-3-16-12-8-4-9(15)11(5-10(8)18-13(12)19)21-14-17-7(2)6-20-14/h4-6,12,16H,3H2,1-2H3,(H,18,19). The maximum absolute atomic E-state index is 12.0. The first-order valence-corrected chi connectivity index (χ1v) is 9.05. The molecule has 1 unspecified atom stereocenters. The zero-order chi connectivity index (χ0) is 15.0. The third kappa shape index (κ3) is 3.01. The second-order valence-corrected chi connectivity index (χ2v) is 7.71. The fraction of sp³-hybridized carbons (Fsp3) is 0.286. The van der Waals surface area contributed by atoms with E-state index in [1.165, 1.54) is 0 Å². The predicted molar refractivity (Wildman–Crippen MR) is 90.2 cm³/mol. The van der Waals surface area contributed by atoms with Gasteiger partial charge in [0, 0.05) is 31.7 Å². The van der Waals surface area contributed by atoms with Crippen LogP contribution in [-0.2, 0) is 4.79 Å². The first-order chi connectivity index (χ1) is 10.1. The van der Waals surface area contributed by atoms with Crippen molar-refractivity contribution in [2.45, 2.75) is 29.1 Å². The van der Waals surface area contributed by atoms with E-state index >= 15 is 0 Å². The normalized spacial score (nSPS) is 16.9. The summed E-state index contributed by atoms with van der Waals surface area (Å²) in [6.07, 6.45) is 0. The number of fused-ring (bicyclic) bond motifs is 1. The number of rotatable bonds is 4. The minimum absolute atomic E-state index is 0.00555. The molecule has 0 fully saturated rings. The van der Waals surface area contributed by atoms with Gasteiger partial charge in [-0.05, 0) is 41.5 Å². The number of nitrogens with one attached hydrogen (secondary N) is 2.